The number of aromatic nitrogens is 3. The summed E-state index contributed by atoms with van der Waals surface area (Å²) in [7, 11) is 0. The summed E-state index contributed by atoms with van der Waals surface area (Å²) in [6.07, 6.45) is 1.73. The Morgan fingerprint density at radius 3 is 2.75 bits per heavy atom. The molecule has 0 amide bonds. The van der Waals surface area contributed by atoms with Crippen LogP contribution in [-0.4, -0.2) is 26.2 Å². The number of fused-ring (bicyclic) bond motifs is 1. The molecule has 2 aromatic heterocycles. The SMILES string of the molecule is CC(C)(C)OC(=O)c1nc2ccccn2n1. The molecule has 0 spiro atoms. The second kappa shape index (κ2) is 3.59. The first-order chi connectivity index (χ1) is 7.46. The van der Waals surface area contributed by atoms with E-state index in [0.717, 1.165) is 0 Å². The molecule has 0 bridgehead atoms. The Morgan fingerprint density at radius 2 is 2.12 bits per heavy atom. The minimum Gasteiger partial charge on any atom is -0.454 e. The van der Waals surface area contributed by atoms with Crippen LogP contribution >= 0.6 is 0 Å². The number of carbonyl (C=O) groups is 1. The molecule has 84 valence electrons. The van der Waals surface area contributed by atoms with Gasteiger partial charge >= 0.3 is 5.97 Å². The maximum Gasteiger partial charge on any atom is 0.378 e. The van der Waals surface area contributed by atoms with Crippen molar-refractivity contribution in [3.05, 3.63) is 30.2 Å². The van der Waals surface area contributed by atoms with E-state index in [9.17, 15) is 4.79 Å². The molecule has 0 aliphatic rings. The largest absolute Gasteiger partial charge is 0.454 e. The van der Waals surface area contributed by atoms with Crippen molar-refractivity contribution in [2.75, 3.05) is 0 Å². The van der Waals surface area contributed by atoms with Gasteiger partial charge in [0.05, 0.1) is 0 Å². The van der Waals surface area contributed by atoms with Crippen LogP contribution in [-0.2, 0) is 4.74 Å². The zero-order chi connectivity index (χ0) is 11.8. The Bertz CT molecular complexity index is 492. The fourth-order valence-electron chi connectivity index (χ4n) is 1.24. The summed E-state index contributed by atoms with van der Waals surface area (Å²) in [5.74, 6) is -0.419. The molecule has 0 saturated heterocycles. The van der Waals surface area contributed by atoms with Gasteiger partial charge in [-0.2, -0.15) is 0 Å². The summed E-state index contributed by atoms with van der Waals surface area (Å²) in [5.41, 5.74) is 0.0949. The molecule has 0 N–H and O–H groups in total. The van der Waals surface area contributed by atoms with Crippen molar-refractivity contribution in [1.29, 1.82) is 0 Å². The predicted molar refractivity (Wildman–Crippen MR) is 58.2 cm³/mol. The molecule has 5 nitrogen and oxygen atoms in total. The van der Waals surface area contributed by atoms with Crippen LogP contribution in [0.2, 0.25) is 0 Å². The standard InChI is InChI=1S/C11H13N3O2/c1-11(2,3)16-10(15)9-12-8-6-4-5-7-14(8)13-9/h4-7H,1-3H3. The van der Waals surface area contributed by atoms with Crippen molar-refractivity contribution in [2.24, 2.45) is 0 Å². The van der Waals surface area contributed by atoms with E-state index in [0.29, 0.717) is 5.65 Å². The third-order valence-corrected chi connectivity index (χ3v) is 1.82. The highest BCUT2D eigenvalue weighted by Crippen LogP contribution is 2.10. The van der Waals surface area contributed by atoms with Gasteiger partial charge in [-0.3, -0.25) is 0 Å². The van der Waals surface area contributed by atoms with Crippen molar-refractivity contribution in [3.63, 3.8) is 0 Å². The van der Waals surface area contributed by atoms with Crippen LogP contribution in [0.3, 0.4) is 0 Å². The van der Waals surface area contributed by atoms with Crippen molar-refractivity contribution >= 4 is 11.6 Å². The summed E-state index contributed by atoms with van der Waals surface area (Å²) < 4.78 is 6.72. The summed E-state index contributed by atoms with van der Waals surface area (Å²) in [6.45, 7) is 5.42. The van der Waals surface area contributed by atoms with Gasteiger partial charge in [-0.1, -0.05) is 6.07 Å². The molecule has 0 radical (unpaired) electrons. The monoisotopic (exact) mass is 219 g/mol. The summed E-state index contributed by atoms with van der Waals surface area (Å²) >= 11 is 0. The average Bonchev–Trinajstić information content (AvgIpc) is 2.58. The molecule has 0 aromatic carbocycles. The van der Waals surface area contributed by atoms with Gasteiger partial charge in [0.15, 0.2) is 5.65 Å². The maximum absolute atomic E-state index is 11.7. The number of ether oxygens (including phenoxy) is 1. The lowest BCUT2D eigenvalue weighted by molar-refractivity contribution is 0.00560. The molecule has 0 atom stereocenters. The van der Waals surface area contributed by atoms with E-state index < -0.39 is 11.6 Å². The molecule has 0 unspecified atom stereocenters. The van der Waals surface area contributed by atoms with Gasteiger partial charge < -0.3 is 4.74 Å². The molecular weight excluding hydrogens is 206 g/mol. The van der Waals surface area contributed by atoms with E-state index in [-0.39, 0.29) is 5.82 Å². The Kier molecular flexibility index (Phi) is 2.38. The van der Waals surface area contributed by atoms with E-state index in [1.165, 1.54) is 0 Å². The second-order valence-corrected chi connectivity index (χ2v) is 4.44. The number of hydrogen-bond acceptors (Lipinski definition) is 4. The minimum absolute atomic E-state index is 0.0844. The number of hydrogen-bond donors (Lipinski definition) is 0. The zero-order valence-electron chi connectivity index (χ0n) is 9.47. The number of esters is 1. The molecule has 5 heteroatoms. The molecule has 2 aromatic rings. The summed E-state index contributed by atoms with van der Waals surface area (Å²) in [6, 6.07) is 5.43. The first-order valence-corrected chi connectivity index (χ1v) is 5.00. The Labute approximate surface area is 93.1 Å². The van der Waals surface area contributed by atoms with Crippen LogP contribution in [0.15, 0.2) is 24.4 Å². The van der Waals surface area contributed by atoms with Gasteiger partial charge in [0.2, 0.25) is 0 Å². The lowest BCUT2D eigenvalue weighted by Gasteiger charge is -2.17. The molecule has 2 heterocycles. The fraction of sp³-hybridized carbons (Fsp3) is 0.364. The van der Waals surface area contributed by atoms with Crippen molar-refractivity contribution in [3.8, 4) is 0 Å². The van der Waals surface area contributed by atoms with Gasteiger partial charge in [0.25, 0.3) is 5.82 Å². The van der Waals surface area contributed by atoms with Gasteiger partial charge in [0, 0.05) is 6.20 Å². The van der Waals surface area contributed by atoms with Gasteiger partial charge in [-0.05, 0) is 32.9 Å². The van der Waals surface area contributed by atoms with E-state index >= 15 is 0 Å². The minimum atomic E-state index is -0.533. The molecule has 0 fully saturated rings. The fourth-order valence-corrected chi connectivity index (χ4v) is 1.24. The molecule has 0 aliphatic heterocycles. The Hall–Kier alpha value is -1.91. The van der Waals surface area contributed by atoms with Crippen LogP contribution in [0, 0.1) is 0 Å². The molecule has 0 saturated carbocycles. The highest BCUT2D eigenvalue weighted by Gasteiger charge is 2.21. The summed E-state index contributed by atoms with van der Waals surface area (Å²) in [4.78, 5) is 15.7. The molecule has 0 aliphatic carbocycles. The van der Waals surface area contributed by atoms with Crippen LogP contribution in [0.4, 0.5) is 0 Å². The number of nitrogens with zero attached hydrogens (tertiary/aromatic N) is 3. The van der Waals surface area contributed by atoms with Crippen molar-refractivity contribution < 1.29 is 9.53 Å². The molecular formula is C11H13N3O2. The quantitative estimate of drug-likeness (QED) is 0.685. The highest BCUT2D eigenvalue weighted by molar-refractivity contribution is 5.86. The molecule has 2 rings (SSSR count). The lowest BCUT2D eigenvalue weighted by Crippen LogP contribution is -2.24. The first-order valence-electron chi connectivity index (χ1n) is 5.00. The van der Waals surface area contributed by atoms with E-state index in [1.54, 1.807) is 37.5 Å². The third kappa shape index (κ3) is 2.18. The van der Waals surface area contributed by atoms with Gasteiger partial charge in [0.1, 0.15) is 5.60 Å². The van der Waals surface area contributed by atoms with Crippen LogP contribution in [0.5, 0.6) is 0 Å². The summed E-state index contributed by atoms with van der Waals surface area (Å²) in [5, 5.41) is 4.03. The van der Waals surface area contributed by atoms with Crippen molar-refractivity contribution in [1.82, 2.24) is 14.6 Å². The topological polar surface area (TPSA) is 56.5 Å². The smallest absolute Gasteiger partial charge is 0.378 e. The number of rotatable bonds is 1. The third-order valence-electron chi connectivity index (χ3n) is 1.82. The Balaban J connectivity index is 2.30. The van der Waals surface area contributed by atoms with Crippen LogP contribution in [0.1, 0.15) is 31.4 Å². The second-order valence-electron chi connectivity index (χ2n) is 4.44. The van der Waals surface area contributed by atoms with Crippen molar-refractivity contribution in [2.45, 2.75) is 26.4 Å². The normalized spacial score (nSPS) is 11.7. The molecule has 16 heavy (non-hydrogen) atoms. The zero-order valence-corrected chi connectivity index (χ0v) is 9.47. The maximum atomic E-state index is 11.7. The lowest BCUT2D eigenvalue weighted by atomic mass is 10.2. The van der Waals surface area contributed by atoms with E-state index in [2.05, 4.69) is 10.1 Å². The van der Waals surface area contributed by atoms with E-state index in [4.69, 9.17) is 4.74 Å². The first kappa shape index (κ1) is 10.6. The highest BCUT2D eigenvalue weighted by atomic mass is 16.6. The average molecular weight is 219 g/mol. The van der Waals surface area contributed by atoms with E-state index in [1.807, 2.05) is 12.1 Å². The Morgan fingerprint density at radius 1 is 1.38 bits per heavy atom. The van der Waals surface area contributed by atoms with Crippen LogP contribution < -0.4 is 0 Å². The number of carbonyl (C=O) groups excluding carboxylic acids is 1. The van der Waals surface area contributed by atoms with Gasteiger partial charge in [-0.25, -0.2) is 14.3 Å². The number of pyridine rings is 1. The van der Waals surface area contributed by atoms with Gasteiger partial charge in [-0.15, -0.1) is 5.10 Å². The van der Waals surface area contributed by atoms with Crippen LogP contribution in [0.25, 0.3) is 5.65 Å². The predicted octanol–water partition coefficient (Wildman–Crippen LogP) is 1.68.